The standard InChI is InChI=1S/C23H24N4O3/c1-29-17-10-11-22(30-2)16(12-17)14-24-27-23(28)21-13-20(25-26-21)19-9-5-7-15-6-3-4-8-18(15)19/h3-12,14,20-21,25-26H,13H2,1-2H3,(H,27,28)/b24-14+. The van der Waals surface area contributed by atoms with Crippen molar-refractivity contribution in [3.8, 4) is 11.5 Å². The number of nitrogens with one attached hydrogen (secondary N) is 3. The van der Waals surface area contributed by atoms with Crippen LogP contribution in [0.15, 0.2) is 65.8 Å². The highest BCUT2D eigenvalue weighted by Gasteiger charge is 2.30. The van der Waals surface area contributed by atoms with Crippen LogP contribution < -0.4 is 25.8 Å². The summed E-state index contributed by atoms with van der Waals surface area (Å²) < 4.78 is 10.5. The third-order valence-electron chi connectivity index (χ3n) is 5.23. The third-order valence-corrected chi connectivity index (χ3v) is 5.23. The molecule has 1 fully saturated rings. The summed E-state index contributed by atoms with van der Waals surface area (Å²) in [5.41, 5.74) is 10.8. The zero-order chi connectivity index (χ0) is 20.9. The number of hydrazine groups is 1. The Morgan fingerprint density at radius 1 is 1.07 bits per heavy atom. The van der Waals surface area contributed by atoms with Crippen LogP contribution in [0.2, 0.25) is 0 Å². The first-order valence-electron chi connectivity index (χ1n) is 9.73. The van der Waals surface area contributed by atoms with Gasteiger partial charge in [0, 0.05) is 11.6 Å². The average Bonchev–Trinajstić information content (AvgIpc) is 3.28. The van der Waals surface area contributed by atoms with Gasteiger partial charge in [0.1, 0.15) is 17.5 Å². The van der Waals surface area contributed by atoms with Crippen molar-refractivity contribution in [1.82, 2.24) is 16.3 Å². The lowest BCUT2D eigenvalue weighted by molar-refractivity contribution is -0.122. The number of rotatable bonds is 6. The second-order valence-electron chi connectivity index (χ2n) is 7.04. The first kappa shape index (κ1) is 19.9. The number of fused-ring (bicyclic) bond motifs is 1. The lowest BCUT2D eigenvalue weighted by Gasteiger charge is -2.13. The monoisotopic (exact) mass is 404 g/mol. The van der Waals surface area contributed by atoms with Gasteiger partial charge in [0.15, 0.2) is 0 Å². The zero-order valence-electron chi connectivity index (χ0n) is 16.9. The van der Waals surface area contributed by atoms with Crippen molar-refractivity contribution in [3.05, 3.63) is 71.8 Å². The van der Waals surface area contributed by atoms with E-state index in [-0.39, 0.29) is 11.9 Å². The van der Waals surface area contributed by atoms with Crippen molar-refractivity contribution in [2.75, 3.05) is 14.2 Å². The Bertz CT molecular complexity index is 1080. The fourth-order valence-corrected chi connectivity index (χ4v) is 3.67. The number of nitrogens with zero attached hydrogens (tertiary/aromatic N) is 1. The van der Waals surface area contributed by atoms with Crippen molar-refractivity contribution in [2.24, 2.45) is 5.10 Å². The van der Waals surface area contributed by atoms with Crippen LogP contribution in [0.1, 0.15) is 23.6 Å². The molecule has 0 aliphatic carbocycles. The molecule has 3 aromatic carbocycles. The van der Waals surface area contributed by atoms with Gasteiger partial charge in [-0.2, -0.15) is 5.10 Å². The van der Waals surface area contributed by atoms with Gasteiger partial charge in [0.25, 0.3) is 5.91 Å². The fraction of sp³-hybridized carbons (Fsp3) is 0.217. The molecule has 0 aromatic heterocycles. The van der Waals surface area contributed by atoms with Gasteiger partial charge in [0.05, 0.1) is 20.4 Å². The molecule has 154 valence electrons. The largest absolute Gasteiger partial charge is 0.497 e. The molecule has 1 saturated heterocycles. The number of carbonyl (C=O) groups is 1. The highest BCUT2D eigenvalue weighted by molar-refractivity contribution is 5.88. The highest BCUT2D eigenvalue weighted by Crippen LogP contribution is 2.29. The summed E-state index contributed by atoms with van der Waals surface area (Å²) in [5.74, 6) is 1.12. The molecule has 7 nitrogen and oxygen atoms in total. The molecule has 2 unspecified atom stereocenters. The van der Waals surface area contributed by atoms with Crippen molar-refractivity contribution >= 4 is 22.9 Å². The number of hydrogen-bond donors (Lipinski definition) is 3. The van der Waals surface area contributed by atoms with Crippen LogP contribution in [0.4, 0.5) is 0 Å². The smallest absolute Gasteiger partial charge is 0.258 e. The quantitative estimate of drug-likeness (QED) is 0.435. The lowest BCUT2D eigenvalue weighted by Crippen LogP contribution is -2.41. The van der Waals surface area contributed by atoms with E-state index in [9.17, 15) is 4.79 Å². The van der Waals surface area contributed by atoms with Crippen LogP contribution in [-0.4, -0.2) is 32.4 Å². The van der Waals surface area contributed by atoms with E-state index in [1.54, 1.807) is 38.6 Å². The van der Waals surface area contributed by atoms with Crippen molar-refractivity contribution < 1.29 is 14.3 Å². The first-order valence-corrected chi connectivity index (χ1v) is 9.73. The van der Waals surface area contributed by atoms with Crippen molar-refractivity contribution in [1.29, 1.82) is 0 Å². The van der Waals surface area contributed by atoms with Gasteiger partial charge in [-0.05, 0) is 41.0 Å². The van der Waals surface area contributed by atoms with Crippen LogP contribution in [0, 0.1) is 0 Å². The van der Waals surface area contributed by atoms with E-state index in [1.165, 1.54) is 16.3 Å². The maximum absolute atomic E-state index is 12.6. The van der Waals surface area contributed by atoms with Gasteiger partial charge in [-0.3, -0.25) is 4.79 Å². The van der Waals surface area contributed by atoms with Gasteiger partial charge in [0.2, 0.25) is 0 Å². The van der Waals surface area contributed by atoms with Crippen LogP contribution in [0.3, 0.4) is 0 Å². The first-order chi connectivity index (χ1) is 14.7. The van der Waals surface area contributed by atoms with Crippen molar-refractivity contribution in [2.45, 2.75) is 18.5 Å². The van der Waals surface area contributed by atoms with Gasteiger partial charge in [-0.1, -0.05) is 42.5 Å². The molecule has 0 radical (unpaired) electrons. The molecule has 0 spiro atoms. The lowest BCUT2D eigenvalue weighted by atomic mass is 9.96. The summed E-state index contributed by atoms with van der Waals surface area (Å²) in [6.45, 7) is 0. The second kappa shape index (κ2) is 8.94. The number of hydrogen-bond acceptors (Lipinski definition) is 6. The Morgan fingerprint density at radius 2 is 1.90 bits per heavy atom. The maximum atomic E-state index is 12.6. The summed E-state index contributed by atoms with van der Waals surface area (Å²) in [6, 6.07) is 19.5. The minimum Gasteiger partial charge on any atom is -0.497 e. The highest BCUT2D eigenvalue weighted by atomic mass is 16.5. The number of benzene rings is 3. The molecule has 1 amide bonds. The minimum atomic E-state index is -0.390. The van der Waals surface area contributed by atoms with E-state index in [1.807, 2.05) is 18.2 Å². The number of hydrazone groups is 1. The van der Waals surface area contributed by atoms with Crippen LogP contribution in [-0.2, 0) is 4.79 Å². The number of methoxy groups -OCH3 is 2. The van der Waals surface area contributed by atoms with E-state index in [2.05, 4.69) is 45.6 Å². The van der Waals surface area contributed by atoms with Gasteiger partial charge < -0.3 is 9.47 Å². The number of amides is 1. The predicted molar refractivity (Wildman–Crippen MR) is 117 cm³/mol. The summed E-state index contributed by atoms with van der Waals surface area (Å²) >= 11 is 0. The van der Waals surface area contributed by atoms with E-state index >= 15 is 0 Å². The van der Waals surface area contributed by atoms with Crippen molar-refractivity contribution in [3.63, 3.8) is 0 Å². The SMILES string of the molecule is COc1ccc(OC)c(/C=N/NC(=O)C2CC(c3cccc4ccccc34)NN2)c1. The maximum Gasteiger partial charge on any atom is 0.258 e. The van der Waals surface area contributed by atoms with E-state index in [0.29, 0.717) is 23.5 Å². The third kappa shape index (κ3) is 4.12. The van der Waals surface area contributed by atoms with Gasteiger partial charge in [-0.15, -0.1) is 0 Å². The molecule has 1 aliphatic rings. The average molecular weight is 404 g/mol. The molecule has 3 aromatic rings. The Kier molecular flexibility index (Phi) is 5.92. The number of carbonyl (C=O) groups excluding carboxylic acids is 1. The fourth-order valence-electron chi connectivity index (χ4n) is 3.67. The molecule has 4 rings (SSSR count). The van der Waals surface area contributed by atoms with E-state index < -0.39 is 6.04 Å². The zero-order valence-corrected chi connectivity index (χ0v) is 16.9. The summed E-state index contributed by atoms with van der Waals surface area (Å²) in [5, 5.41) is 6.46. The Hall–Kier alpha value is -3.42. The van der Waals surface area contributed by atoms with E-state index in [4.69, 9.17) is 9.47 Å². The summed E-state index contributed by atoms with van der Waals surface area (Å²) in [6.07, 6.45) is 2.17. The van der Waals surface area contributed by atoms with Crippen LogP contribution in [0.5, 0.6) is 11.5 Å². The Morgan fingerprint density at radius 3 is 2.73 bits per heavy atom. The molecule has 30 heavy (non-hydrogen) atoms. The van der Waals surface area contributed by atoms with Crippen LogP contribution in [0.25, 0.3) is 10.8 Å². The predicted octanol–water partition coefficient (Wildman–Crippen LogP) is 2.91. The molecule has 0 saturated carbocycles. The molecular formula is C23H24N4O3. The van der Waals surface area contributed by atoms with Gasteiger partial charge >= 0.3 is 0 Å². The summed E-state index contributed by atoms with van der Waals surface area (Å²) in [7, 11) is 3.18. The Balaban J connectivity index is 1.41. The minimum absolute atomic E-state index is 0.0364. The molecule has 0 bridgehead atoms. The topological polar surface area (TPSA) is 84.0 Å². The molecule has 7 heteroatoms. The Labute approximate surface area is 175 Å². The molecular weight excluding hydrogens is 380 g/mol. The molecule has 1 aliphatic heterocycles. The van der Waals surface area contributed by atoms with E-state index in [0.717, 1.165) is 0 Å². The molecule has 2 atom stereocenters. The summed E-state index contributed by atoms with van der Waals surface area (Å²) in [4.78, 5) is 12.6. The molecule has 1 heterocycles. The number of ether oxygens (including phenoxy) is 2. The second-order valence-corrected chi connectivity index (χ2v) is 7.04. The van der Waals surface area contributed by atoms with Crippen LogP contribution >= 0.6 is 0 Å². The van der Waals surface area contributed by atoms with Gasteiger partial charge in [-0.25, -0.2) is 16.3 Å². The normalized spacial score (nSPS) is 18.6. The molecule has 3 N–H and O–H groups in total.